The van der Waals surface area contributed by atoms with Crippen molar-refractivity contribution in [3.63, 3.8) is 0 Å². The molecular formula is C4H9S2. The lowest BCUT2D eigenvalue weighted by atomic mass is 10.6. The average molecular weight is 121 g/mol. The van der Waals surface area contributed by atoms with Gasteiger partial charge < -0.3 is 0 Å². The third-order valence-electron chi connectivity index (χ3n) is 0.493. The lowest BCUT2D eigenvalue weighted by Gasteiger charge is -1.85. The Labute approximate surface area is 49.1 Å². The molecule has 0 spiro atoms. The van der Waals surface area contributed by atoms with Crippen molar-refractivity contribution >= 4 is 24.4 Å². The molecule has 0 amide bonds. The van der Waals surface area contributed by atoms with E-state index in [1.807, 2.05) is 11.8 Å². The Morgan fingerprint density at radius 3 is 2.50 bits per heavy atom. The van der Waals surface area contributed by atoms with Crippen LogP contribution in [0.5, 0.6) is 0 Å². The van der Waals surface area contributed by atoms with Crippen LogP contribution in [0.1, 0.15) is 6.42 Å². The Bertz CT molecular complexity index is 17.5. The summed E-state index contributed by atoms with van der Waals surface area (Å²) in [6, 6.07) is 0. The van der Waals surface area contributed by atoms with Gasteiger partial charge in [-0.1, -0.05) is 12.6 Å². The van der Waals surface area contributed by atoms with E-state index in [0.29, 0.717) is 0 Å². The average Bonchev–Trinajstić information content (AvgIpc) is 1.61. The predicted octanol–water partition coefficient (Wildman–Crippen LogP) is 1.94. The van der Waals surface area contributed by atoms with Crippen LogP contribution in [0.2, 0.25) is 0 Å². The molecule has 0 bridgehead atoms. The van der Waals surface area contributed by atoms with Crippen LogP contribution in [-0.2, 0) is 0 Å². The first kappa shape index (κ1) is 6.70. The lowest BCUT2D eigenvalue weighted by Crippen LogP contribution is -1.75. The minimum absolute atomic E-state index is 0.918. The maximum atomic E-state index is 4.70. The van der Waals surface area contributed by atoms with E-state index in [9.17, 15) is 0 Å². The fourth-order valence-electron chi connectivity index (χ4n) is 0.203. The molecule has 0 aliphatic rings. The van der Waals surface area contributed by atoms with Gasteiger partial charge in [0.25, 0.3) is 0 Å². The molecule has 0 fully saturated rings. The van der Waals surface area contributed by atoms with E-state index in [0.717, 1.165) is 5.75 Å². The molecule has 2 heteroatoms. The summed E-state index contributed by atoms with van der Waals surface area (Å²) in [5, 5.41) is 0. The molecule has 0 atom stereocenters. The summed E-state index contributed by atoms with van der Waals surface area (Å²) >= 11 is 6.56. The highest BCUT2D eigenvalue weighted by Crippen LogP contribution is 1.94. The molecule has 0 N–H and O–H groups in total. The van der Waals surface area contributed by atoms with Crippen molar-refractivity contribution in [2.75, 3.05) is 17.8 Å². The van der Waals surface area contributed by atoms with Crippen molar-refractivity contribution in [2.45, 2.75) is 6.42 Å². The fourth-order valence-corrected chi connectivity index (χ4v) is 0.963. The highest BCUT2D eigenvalue weighted by Gasteiger charge is 1.76. The van der Waals surface area contributed by atoms with E-state index >= 15 is 0 Å². The minimum atomic E-state index is 0.918. The highest BCUT2D eigenvalue weighted by atomic mass is 32.2. The van der Waals surface area contributed by atoms with E-state index in [4.69, 9.17) is 12.6 Å². The molecule has 0 aliphatic heterocycles. The highest BCUT2D eigenvalue weighted by molar-refractivity contribution is 7.98. The molecule has 6 heavy (non-hydrogen) atoms. The number of hydrogen-bond donors (Lipinski definition) is 0. The van der Waals surface area contributed by atoms with Crippen molar-refractivity contribution in [3.05, 3.63) is 0 Å². The molecule has 1 radical (unpaired) electrons. The van der Waals surface area contributed by atoms with Crippen molar-refractivity contribution in [3.8, 4) is 0 Å². The monoisotopic (exact) mass is 121 g/mol. The lowest BCUT2D eigenvalue weighted by molar-refractivity contribution is 1.13. The van der Waals surface area contributed by atoms with Crippen LogP contribution in [0.15, 0.2) is 0 Å². The van der Waals surface area contributed by atoms with Gasteiger partial charge in [0.2, 0.25) is 0 Å². The van der Waals surface area contributed by atoms with Gasteiger partial charge in [-0.15, -0.1) is 0 Å². The molecule has 0 aromatic heterocycles. The van der Waals surface area contributed by atoms with Gasteiger partial charge in [0.15, 0.2) is 0 Å². The standard InChI is InChI=1S/C4H9S2/c1-6-4-2-3-5/h2-4H2,1H3. The molecule has 0 saturated heterocycles. The molecular weight excluding hydrogens is 112 g/mol. The van der Waals surface area contributed by atoms with Crippen molar-refractivity contribution in [2.24, 2.45) is 0 Å². The second-order valence-corrected chi connectivity index (χ2v) is 2.44. The quantitative estimate of drug-likeness (QED) is 0.514. The Morgan fingerprint density at radius 1 is 1.67 bits per heavy atom. The summed E-state index contributed by atoms with van der Waals surface area (Å²) in [6.45, 7) is 0. The van der Waals surface area contributed by atoms with Gasteiger partial charge in [-0.05, 0) is 18.4 Å². The summed E-state index contributed by atoms with van der Waals surface area (Å²) in [5.41, 5.74) is 0. The van der Waals surface area contributed by atoms with Gasteiger partial charge in [-0.25, -0.2) is 0 Å². The molecule has 0 aliphatic carbocycles. The van der Waals surface area contributed by atoms with Gasteiger partial charge in [0.05, 0.1) is 0 Å². The summed E-state index contributed by atoms with van der Waals surface area (Å²) in [7, 11) is 0. The zero-order valence-electron chi connectivity index (χ0n) is 3.94. The van der Waals surface area contributed by atoms with E-state index < -0.39 is 0 Å². The third kappa shape index (κ3) is 4.70. The summed E-state index contributed by atoms with van der Waals surface area (Å²) in [5.74, 6) is 2.14. The topological polar surface area (TPSA) is 0 Å². The van der Waals surface area contributed by atoms with Crippen LogP contribution < -0.4 is 0 Å². The van der Waals surface area contributed by atoms with Gasteiger partial charge in [-0.3, -0.25) is 0 Å². The maximum Gasteiger partial charge on any atom is 0.00447 e. The molecule has 0 saturated carbocycles. The Morgan fingerprint density at radius 2 is 2.33 bits per heavy atom. The third-order valence-corrected chi connectivity index (χ3v) is 1.48. The SMILES string of the molecule is CSCCC[S]. The van der Waals surface area contributed by atoms with Crippen LogP contribution in [0.25, 0.3) is 0 Å². The Kier molecular flexibility index (Phi) is 6.36. The second-order valence-electron chi connectivity index (χ2n) is 1.05. The number of hydrogen-bond acceptors (Lipinski definition) is 1. The summed E-state index contributed by atoms with van der Waals surface area (Å²) in [4.78, 5) is 0. The van der Waals surface area contributed by atoms with E-state index in [2.05, 4.69) is 6.26 Å². The molecule has 37 valence electrons. The maximum absolute atomic E-state index is 4.70. The number of thioether (sulfide) groups is 1. The Balaban J connectivity index is 2.34. The largest absolute Gasteiger partial charge is 0.165 e. The Hall–Kier alpha value is 0.700. The van der Waals surface area contributed by atoms with E-state index in [-0.39, 0.29) is 0 Å². The first-order valence-corrected chi connectivity index (χ1v) is 3.96. The predicted molar refractivity (Wildman–Crippen MR) is 35.5 cm³/mol. The molecule has 0 aromatic rings. The van der Waals surface area contributed by atoms with E-state index in [1.165, 1.54) is 12.2 Å². The van der Waals surface area contributed by atoms with Crippen molar-refractivity contribution in [1.29, 1.82) is 0 Å². The van der Waals surface area contributed by atoms with Crippen molar-refractivity contribution < 1.29 is 0 Å². The first-order chi connectivity index (χ1) is 2.91. The van der Waals surface area contributed by atoms with Gasteiger partial charge in [-0.2, -0.15) is 11.8 Å². The molecule has 0 nitrogen and oxygen atoms in total. The fraction of sp³-hybridized carbons (Fsp3) is 1.00. The normalized spacial score (nSPS) is 9.00. The molecule has 0 unspecified atom stereocenters. The van der Waals surface area contributed by atoms with Crippen LogP contribution in [0.4, 0.5) is 0 Å². The van der Waals surface area contributed by atoms with Gasteiger partial charge >= 0.3 is 0 Å². The van der Waals surface area contributed by atoms with E-state index in [1.54, 1.807) is 0 Å². The van der Waals surface area contributed by atoms with Gasteiger partial charge in [0.1, 0.15) is 0 Å². The van der Waals surface area contributed by atoms with Crippen LogP contribution in [0.3, 0.4) is 0 Å². The zero-order chi connectivity index (χ0) is 4.83. The zero-order valence-corrected chi connectivity index (χ0v) is 5.57. The molecule has 0 heterocycles. The second kappa shape index (κ2) is 5.70. The number of rotatable bonds is 3. The van der Waals surface area contributed by atoms with Gasteiger partial charge in [0, 0.05) is 5.75 Å². The summed E-state index contributed by atoms with van der Waals surface area (Å²) < 4.78 is 0. The molecule has 0 rings (SSSR count). The first-order valence-electron chi connectivity index (χ1n) is 1.99. The van der Waals surface area contributed by atoms with Crippen LogP contribution >= 0.6 is 24.4 Å². The minimum Gasteiger partial charge on any atom is -0.165 e. The van der Waals surface area contributed by atoms with Crippen LogP contribution in [-0.4, -0.2) is 17.8 Å². The molecule has 0 aromatic carbocycles. The van der Waals surface area contributed by atoms with Crippen molar-refractivity contribution in [1.82, 2.24) is 0 Å². The van der Waals surface area contributed by atoms with Crippen LogP contribution in [0, 0.1) is 0 Å². The summed E-state index contributed by atoms with van der Waals surface area (Å²) in [6.07, 6.45) is 3.29. The smallest absolute Gasteiger partial charge is 0.00447 e.